The van der Waals surface area contributed by atoms with Crippen molar-refractivity contribution >= 4 is 34.0 Å². The van der Waals surface area contributed by atoms with Gasteiger partial charge in [0.15, 0.2) is 17.1 Å². The maximum Gasteiger partial charge on any atom is 0.343 e. The molecule has 4 aromatic rings. The van der Waals surface area contributed by atoms with Gasteiger partial charge in [-0.3, -0.25) is 0 Å². The Labute approximate surface area is 159 Å². The van der Waals surface area contributed by atoms with E-state index in [-0.39, 0.29) is 18.2 Å². The molecule has 2 aromatic heterocycles. The van der Waals surface area contributed by atoms with Gasteiger partial charge in [-0.25, -0.2) is 14.8 Å². The zero-order valence-electron chi connectivity index (χ0n) is 15.0. The Bertz CT molecular complexity index is 1250. The molecular formula is C20H16N4O4. The predicted molar refractivity (Wildman–Crippen MR) is 102 cm³/mol. The number of benzene rings is 2. The molecule has 8 heteroatoms. The van der Waals surface area contributed by atoms with E-state index in [0.29, 0.717) is 34.7 Å². The first-order chi connectivity index (χ1) is 13.7. The van der Waals surface area contributed by atoms with Crippen LogP contribution in [0.3, 0.4) is 0 Å². The first-order valence-corrected chi connectivity index (χ1v) is 8.67. The Hall–Kier alpha value is -3.81. The number of nitrogens with zero attached hydrogens (tertiary/aromatic N) is 3. The Morgan fingerprint density at radius 3 is 2.68 bits per heavy atom. The lowest BCUT2D eigenvalue weighted by atomic mass is 10.2. The van der Waals surface area contributed by atoms with E-state index in [4.69, 9.17) is 24.9 Å². The smallest absolute Gasteiger partial charge is 0.343 e. The van der Waals surface area contributed by atoms with Gasteiger partial charge in [0, 0.05) is 0 Å². The van der Waals surface area contributed by atoms with Crippen molar-refractivity contribution in [3.8, 4) is 11.5 Å². The Balaban J connectivity index is 1.71. The largest absolute Gasteiger partial charge is 0.465 e. The van der Waals surface area contributed by atoms with Crippen molar-refractivity contribution in [2.45, 2.75) is 6.54 Å². The van der Waals surface area contributed by atoms with Gasteiger partial charge >= 0.3 is 5.97 Å². The molecule has 5 rings (SSSR count). The van der Waals surface area contributed by atoms with Crippen LogP contribution in [0.25, 0.3) is 22.2 Å². The minimum atomic E-state index is -0.545. The molecule has 0 atom stereocenters. The average Bonchev–Trinajstić information content (AvgIpc) is 3.28. The number of nitrogens with two attached hydrogens (primary N) is 1. The molecule has 1 aliphatic heterocycles. The Morgan fingerprint density at radius 1 is 1.14 bits per heavy atom. The highest BCUT2D eigenvalue weighted by atomic mass is 16.7. The van der Waals surface area contributed by atoms with E-state index in [2.05, 4.69) is 4.98 Å². The van der Waals surface area contributed by atoms with E-state index in [9.17, 15) is 4.79 Å². The molecule has 0 radical (unpaired) electrons. The van der Waals surface area contributed by atoms with Gasteiger partial charge in [0.2, 0.25) is 6.79 Å². The summed E-state index contributed by atoms with van der Waals surface area (Å²) in [4.78, 5) is 21.7. The highest BCUT2D eigenvalue weighted by Crippen LogP contribution is 2.34. The van der Waals surface area contributed by atoms with Gasteiger partial charge in [0.1, 0.15) is 16.9 Å². The zero-order valence-corrected chi connectivity index (χ0v) is 15.0. The van der Waals surface area contributed by atoms with Crippen molar-refractivity contribution in [2.24, 2.45) is 0 Å². The number of carbonyl (C=O) groups is 1. The number of methoxy groups -OCH3 is 1. The van der Waals surface area contributed by atoms with Gasteiger partial charge in [0.25, 0.3) is 0 Å². The predicted octanol–water partition coefficient (Wildman–Crippen LogP) is 2.73. The third-order valence-corrected chi connectivity index (χ3v) is 4.76. The number of para-hydroxylation sites is 2. The fourth-order valence-electron chi connectivity index (χ4n) is 3.40. The molecule has 0 saturated heterocycles. The number of aromatic nitrogens is 3. The number of fused-ring (bicyclic) bond motifs is 3. The molecular weight excluding hydrogens is 360 g/mol. The lowest BCUT2D eigenvalue weighted by Gasteiger charge is -2.09. The summed E-state index contributed by atoms with van der Waals surface area (Å²) in [6.07, 6.45) is 0. The highest BCUT2D eigenvalue weighted by molar-refractivity contribution is 6.08. The van der Waals surface area contributed by atoms with Crippen LogP contribution in [0, 0.1) is 0 Å². The molecule has 0 amide bonds. The highest BCUT2D eigenvalue weighted by Gasteiger charge is 2.25. The van der Waals surface area contributed by atoms with Crippen LogP contribution in [0.5, 0.6) is 11.5 Å². The van der Waals surface area contributed by atoms with Crippen LogP contribution in [0.4, 0.5) is 5.82 Å². The number of hydrogen-bond donors (Lipinski definition) is 1. The normalized spacial score (nSPS) is 12.6. The molecule has 0 fully saturated rings. The van der Waals surface area contributed by atoms with E-state index in [1.165, 1.54) is 7.11 Å². The van der Waals surface area contributed by atoms with Crippen LogP contribution in [0.15, 0.2) is 42.5 Å². The van der Waals surface area contributed by atoms with Crippen LogP contribution in [0.1, 0.15) is 15.9 Å². The Kier molecular flexibility index (Phi) is 3.58. The van der Waals surface area contributed by atoms with E-state index in [1.54, 1.807) is 4.57 Å². The lowest BCUT2D eigenvalue weighted by Crippen LogP contribution is -2.09. The molecule has 0 bridgehead atoms. The Morgan fingerprint density at radius 2 is 1.89 bits per heavy atom. The summed E-state index contributed by atoms with van der Waals surface area (Å²) in [5.74, 6) is 1.10. The number of nitrogen functional groups attached to an aromatic ring is 1. The summed E-state index contributed by atoms with van der Waals surface area (Å²) in [6.45, 7) is 0.598. The van der Waals surface area contributed by atoms with Crippen molar-refractivity contribution in [1.29, 1.82) is 0 Å². The summed E-state index contributed by atoms with van der Waals surface area (Å²) in [5, 5.41) is 0. The summed E-state index contributed by atoms with van der Waals surface area (Å²) in [6, 6.07) is 13.1. The first kappa shape index (κ1) is 16.4. The second-order valence-electron chi connectivity index (χ2n) is 6.41. The average molecular weight is 376 g/mol. The van der Waals surface area contributed by atoms with Crippen molar-refractivity contribution in [3.63, 3.8) is 0 Å². The zero-order chi connectivity index (χ0) is 19.3. The topological polar surface area (TPSA) is 101 Å². The van der Waals surface area contributed by atoms with Gasteiger partial charge in [-0.2, -0.15) is 0 Å². The van der Waals surface area contributed by atoms with Crippen LogP contribution >= 0.6 is 0 Å². The van der Waals surface area contributed by atoms with Crippen molar-refractivity contribution in [1.82, 2.24) is 14.5 Å². The lowest BCUT2D eigenvalue weighted by molar-refractivity contribution is 0.0604. The molecule has 8 nitrogen and oxygen atoms in total. The van der Waals surface area contributed by atoms with Crippen LogP contribution in [0.2, 0.25) is 0 Å². The standard InChI is InChI=1S/C20H16N4O4/c1-26-20(25)16-17-19(23-13-5-3-2-4-12(13)22-17)24(18(16)21)9-11-6-7-14-15(8-11)28-10-27-14/h2-8H,9-10,21H2,1H3. The minimum absolute atomic E-state index is 0.206. The fraction of sp³-hybridized carbons (Fsp3) is 0.150. The molecule has 0 unspecified atom stereocenters. The van der Waals surface area contributed by atoms with Crippen LogP contribution in [-0.4, -0.2) is 34.4 Å². The monoisotopic (exact) mass is 376 g/mol. The number of carbonyl (C=O) groups excluding carboxylic acids is 1. The molecule has 0 spiro atoms. The molecule has 2 aromatic carbocycles. The van der Waals surface area contributed by atoms with Crippen LogP contribution < -0.4 is 15.2 Å². The molecule has 28 heavy (non-hydrogen) atoms. The fourth-order valence-corrected chi connectivity index (χ4v) is 3.40. The van der Waals surface area contributed by atoms with Gasteiger partial charge in [-0.15, -0.1) is 0 Å². The summed E-state index contributed by atoms with van der Waals surface area (Å²) < 4.78 is 17.5. The van der Waals surface area contributed by atoms with Crippen molar-refractivity contribution in [2.75, 3.05) is 19.6 Å². The maximum absolute atomic E-state index is 12.4. The van der Waals surface area contributed by atoms with Crippen LogP contribution in [-0.2, 0) is 11.3 Å². The second-order valence-corrected chi connectivity index (χ2v) is 6.41. The number of hydrogen-bond acceptors (Lipinski definition) is 7. The van der Waals surface area contributed by atoms with Crippen molar-refractivity contribution < 1.29 is 19.0 Å². The molecule has 0 aliphatic carbocycles. The van der Waals surface area contributed by atoms with E-state index in [0.717, 1.165) is 11.1 Å². The number of ether oxygens (including phenoxy) is 3. The van der Waals surface area contributed by atoms with E-state index < -0.39 is 5.97 Å². The SMILES string of the molecule is COC(=O)c1c(N)n(Cc2ccc3c(c2)OCO3)c2nc3ccccc3nc12. The van der Waals surface area contributed by atoms with Crippen molar-refractivity contribution in [3.05, 3.63) is 53.6 Å². The summed E-state index contributed by atoms with van der Waals surface area (Å²) >= 11 is 0. The van der Waals surface area contributed by atoms with Gasteiger partial charge in [-0.1, -0.05) is 18.2 Å². The molecule has 2 N–H and O–H groups in total. The molecule has 3 heterocycles. The van der Waals surface area contributed by atoms with Gasteiger partial charge in [-0.05, 0) is 29.8 Å². The first-order valence-electron chi connectivity index (χ1n) is 8.67. The number of anilines is 1. The minimum Gasteiger partial charge on any atom is -0.465 e. The molecule has 0 saturated carbocycles. The van der Waals surface area contributed by atoms with E-state index in [1.807, 2.05) is 42.5 Å². The number of esters is 1. The van der Waals surface area contributed by atoms with Gasteiger partial charge in [0.05, 0.1) is 24.7 Å². The summed E-state index contributed by atoms with van der Waals surface area (Å²) in [5.41, 5.74) is 9.83. The molecule has 140 valence electrons. The third-order valence-electron chi connectivity index (χ3n) is 4.76. The second kappa shape index (κ2) is 6.12. The maximum atomic E-state index is 12.4. The van der Waals surface area contributed by atoms with E-state index >= 15 is 0 Å². The van der Waals surface area contributed by atoms with Gasteiger partial charge < -0.3 is 24.5 Å². The summed E-state index contributed by atoms with van der Waals surface area (Å²) in [7, 11) is 1.32. The number of rotatable bonds is 3. The third kappa shape index (κ3) is 2.42. The molecule has 1 aliphatic rings. The quantitative estimate of drug-likeness (QED) is 0.549.